The minimum absolute atomic E-state index is 0.0223. The molecule has 0 saturated carbocycles. The Labute approximate surface area is 98.2 Å². The van der Waals surface area contributed by atoms with Crippen molar-refractivity contribution in [1.82, 2.24) is 10.3 Å². The van der Waals surface area contributed by atoms with Crippen LogP contribution in [0.3, 0.4) is 0 Å². The van der Waals surface area contributed by atoms with E-state index in [9.17, 15) is 0 Å². The van der Waals surface area contributed by atoms with Crippen LogP contribution < -0.4 is 5.32 Å². The van der Waals surface area contributed by atoms with E-state index in [1.54, 1.807) is 0 Å². The number of benzene rings is 1. The molecule has 2 rings (SSSR count). The molecule has 0 saturated heterocycles. The van der Waals surface area contributed by atoms with Crippen molar-refractivity contribution in [3.8, 4) is 0 Å². The zero-order chi connectivity index (χ0) is 11.1. The fraction of sp³-hybridized carbons (Fsp3) is 0.333. The predicted octanol–water partition coefficient (Wildman–Crippen LogP) is 3.38. The lowest BCUT2D eigenvalue weighted by atomic mass is 10.0. The van der Waals surface area contributed by atoms with Crippen LogP contribution in [0.5, 0.6) is 0 Å². The van der Waals surface area contributed by atoms with Gasteiger partial charge in [0.05, 0.1) is 5.54 Å². The van der Waals surface area contributed by atoms with Gasteiger partial charge in [0.2, 0.25) is 0 Å². The van der Waals surface area contributed by atoms with Crippen molar-refractivity contribution in [3.63, 3.8) is 0 Å². The lowest BCUT2D eigenvalue weighted by Gasteiger charge is -2.22. The van der Waals surface area contributed by atoms with Gasteiger partial charge in [0.15, 0.2) is 0 Å². The highest BCUT2D eigenvalue weighted by atomic mass is 79.9. The summed E-state index contributed by atoms with van der Waals surface area (Å²) in [6, 6.07) is 8.47. The Morgan fingerprint density at radius 2 is 2.00 bits per heavy atom. The number of halogens is 1. The molecule has 0 aliphatic heterocycles. The molecular formula is C12H15BrN2. The summed E-state index contributed by atoms with van der Waals surface area (Å²) in [6.07, 6.45) is 0. The van der Waals surface area contributed by atoms with Crippen molar-refractivity contribution >= 4 is 26.8 Å². The lowest BCUT2D eigenvalue weighted by molar-refractivity contribution is 0.434. The average molecular weight is 267 g/mol. The summed E-state index contributed by atoms with van der Waals surface area (Å²) >= 11 is 3.47. The molecule has 0 amide bonds. The topological polar surface area (TPSA) is 27.8 Å². The van der Waals surface area contributed by atoms with Gasteiger partial charge < -0.3 is 10.3 Å². The third-order valence-electron chi connectivity index (χ3n) is 2.88. The standard InChI is InChI=1S/C12H15BrN2/c1-12(2,14-3)11-6-8-4-5-9(13)7-10(8)15-11/h4-7,14-15H,1-3H3. The van der Waals surface area contributed by atoms with Crippen molar-refractivity contribution < 1.29 is 0 Å². The molecule has 1 aromatic carbocycles. The van der Waals surface area contributed by atoms with Gasteiger partial charge in [-0.05, 0) is 44.5 Å². The van der Waals surface area contributed by atoms with Crippen molar-refractivity contribution in [2.75, 3.05) is 7.05 Å². The molecule has 80 valence electrons. The minimum atomic E-state index is -0.0223. The second kappa shape index (κ2) is 3.65. The Morgan fingerprint density at radius 1 is 1.27 bits per heavy atom. The van der Waals surface area contributed by atoms with Crippen molar-refractivity contribution in [1.29, 1.82) is 0 Å². The predicted molar refractivity (Wildman–Crippen MR) is 68.1 cm³/mol. The van der Waals surface area contributed by atoms with Crippen LogP contribution in [-0.4, -0.2) is 12.0 Å². The summed E-state index contributed by atoms with van der Waals surface area (Å²) in [5.41, 5.74) is 2.35. The van der Waals surface area contributed by atoms with Gasteiger partial charge in [-0.25, -0.2) is 0 Å². The Balaban J connectivity index is 2.56. The lowest BCUT2D eigenvalue weighted by Crippen LogP contribution is -2.33. The van der Waals surface area contributed by atoms with Crippen LogP contribution in [0.1, 0.15) is 19.5 Å². The number of hydrogen-bond donors (Lipinski definition) is 2. The number of hydrogen-bond acceptors (Lipinski definition) is 1. The van der Waals surface area contributed by atoms with Crippen LogP contribution in [-0.2, 0) is 5.54 Å². The second-order valence-corrected chi connectivity index (χ2v) is 5.21. The van der Waals surface area contributed by atoms with Gasteiger partial charge in [0, 0.05) is 15.7 Å². The zero-order valence-electron chi connectivity index (χ0n) is 9.19. The Bertz CT molecular complexity index is 485. The first-order valence-corrected chi connectivity index (χ1v) is 5.80. The largest absolute Gasteiger partial charge is 0.357 e. The van der Waals surface area contributed by atoms with E-state index in [1.165, 1.54) is 16.6 Å². The normalized spacial score (nSPS) is 12.3. The maximum atomic E-state index is 3.47. The first-order chi connectivity index (χ1) is 7.03. The van der Waals surface area contributed by atoms with Crippen LogP contribution >= 0.6 is 15.9 Å². The Hall–Kier alpha value is -0.800. The number of nitrogens with one attached hydrogen (secondary N) is 2. The van der Waals surface area contributed by atoms with Gasteiger partial charge in [0.25, 0.3) is 0 Å². The minimum Gasteiger partial charge on any atom is -0.357 e. The molecule has 0 spiro atoms. The quantitative estimate of drug-likeness (QED) is 0.857. The van der Waals surface area contributed by atoms with E-state index < -0.39 is 0 Å². The van der Waals surface area contributed by atoms with Crippen LogP contribution in [0.4, 0.5) is 0 Å². The van der Waals surface area contributed by atoms with E-state index in [2.05, 4.69) is 64.3 Å². The average Bonchev–Trinajstić information content (AvgIpc) is 2.61. The van der Waals surface area contributed by atoms with Gasteiger partial charge >= 0.3 is 0 Å². The fourth-order valence-electron chi connectivity index (χ4n) is 1.57. The maximum Gasteiger partial charge on any atom is 0.0527 e. The number of H-pyrrole nitrogens is 1. The molecule has 0 fully saturated rings. The summed E-state index contributed by atoms with van der Waals surface area (Å²) in [6.45, 7) is 4.32. The molecule has 0 aliphatic carbocycles. The first kappa shape index (κ1) is 10.7. The molecule has 0 bridgehead atoms. The van der Waals surface area contributed by atoms with Gasteiger partial charge in [-0.1, -0.05) is 22.0 Å². The summed E-state index contributed by atoms with van der Waals surface area (Å²) in [4.78, 5) is 3.44. The molecule has 0 radical (unpaired) electrons. The maximum absolute atomic E-state index is 3.47. The molecule has 1 heterocycles. The third-order valence-corrected chi connectivity index (χ3v) is 3.38. The van der Waals surface area contributed by atoms with Crippen LogP contribution in [0.2, 0.25) is 0 Å². The molecule has 2 N–H and O–H groups in total. The molecule has 1 aromatic heterocycles. The SMILES string of the molecule is CNC(C)(C)c1cc2ccc(Br)cc2[nH]1. The zero-order valence-corrected chi connectivity index (χ0v) is 10.8. The number of fused-ring (bicyclic) bond motifs is 1. The van der Waals surface area contributed by atoms with Gasteiger partial charge in [-0.3, -0.25) is 0 Å². The van der Waals surface area contributed by atoms with E-state index in [-0.39, 0.29) is 5.54 Å². The molecule has 2 aromatic rings. The van der Waals surface area contributed by atoms with Crippen molar-refractivity contribution in [2.45, 2.75) is 19.4 Å². The second-order valence-electron chi connectivity index (χ2n) is 4.29. The van der Waals surface area contributed by atoms with Crippen molar-refractivity contribution in [2.24, 2.45) is 0 Å². The van der Waals surface area contributed by atoms with Crippen LogP contribution in [0.15, 0.2) is 28.7 Å². The van der Waals surface area contributed by atoms with Crippen LogP contribution in [0, 0.1) is 0 Å². The molecule has 0 unspecified atom stereocenters. The van der Waals surface area contributed by atoms with Gasteiger partial charge in [-0.2, -0.15) is 0 Å². The van der Waals surface area contributed by atoms with Crippen LogP contribution in [0.25, 0.3) is 10.9 Å². The summed E-state index contributed by atoms with van der Waals surface area (Å²) in [5, 5.41) is 4.54. The smallest absolute Gasteiger partial charge is 0.0527 e. The molecule has 15 heavy (non-hydrogen) atoms. The number of aromatic amines is 1. The van der Waals surface area contributed by atoms with Gasteiger partial charge in [0.1, 0.15) is 0 Å². The summed E-state index contributed by atoms with van der Waals surface area (Å²) in [5.74, 6) is 0. The molecule has 0 atom stereocenters. The fourth-order valence-corrected chi connectivity index (χ4v) is 1.93. The Kier molecular flexibility index (Phi) is 2.61. The van der Waals surface area contributed by atoms with Gasteiger partial charge in [-0.15, -0.1) is 0 Å². The number of rotatable bonds is 2. The van der Waals surface area contributed by atoms with E-state index in [0.29, 0.717) is 0 Å². The number of aromatic nitrogens is 1. The summed E-state index contributed by atoms with van der Waals surface area (Å²) < 4.78 is 1.10. The molecule has 0 aliphatic rings. The third kappa shape index (κ3) is 1.94. The van der Waals surface area contributed by atoms with Crippen molar-refractivity contribution in [3.05, 3.63) is 34.4 Å². The molecule has 2 nitrogen and oxygen atoms in total. The monoisotopic (exact) mass is 266 g/mol. The summed E-state index contributed by atoms with van der Waals surface area (Å²) in [7, 11) is 1.97. The molecular weight excluding hydrogens is 252 g/mol. The van der Waals surface area contributed by atoms with E-state index in [0.717, 1.165) is 4.47 Å². The first-order valence-electron chi connectivity index (χ1n) is 5.00. The van der Waals surface area contributed by atoms with E-state index >= 15 is 0 Å². The highest BCUT2D eigenvalue weighted by Crippen LogP contribution is 2.25. The highest BCUT2D eigenvalue weighted by Gasteiger charge is 2.19. The highest BCUT2D eigenvalue weighted by molar-refractivity contribution is 9.10. The molecule has 3 heteroatoms. The van der Waals surface area contributed by atoms with E-state index in [4.69, 9.17) is 0 Å². The Morgan fingerprint density at radius 3 is 2.67 bits per heavy atom. The van der Waals surface area contributed by atoms with E-state index in [1.807, 2.05) is 7.05 Å².